The zero-order chi connectivity index (χ0) is 16.8. The largest absolute Gasteiger partial charge is 0.338 e. The van der Waals surface area contributed by atoms with Crippen LogP contribution in [0.15, 0.2) is 48.9 Å². The van der Waals surface area contributed by atoms with E-state index in [1.807, 2.05) is 41.9 Å². The van der Waals surface area contributed by atoms with Gasteiger partial charge >= 0.3 is 6.03 Å². The SMILES string of the molecule is Cc1nn(-c2ccccc2)cc1CCCNC(=O)Nc1cn[nH]c1. The summed E-state index contributed by atoms with van der Waals surface area (Å²) in [7, 11) is 0. The first-order valence-corrected chi connectivity index (χ1v) is 7.86. The Balaban J connectivity index is 1.47. The van der Waals surface area contributed by atoms with E-state index in [0.717, 1.165) is 24.2 Å². The molecule has 0 bridgehead atoms. The normalized spacial score (nSPS) is 10.5. The summed E-state index contributed by atoms with van der Waals surface area (Å²) in [5.41, 5.74) is 3.90. The summed E-state index contributed by atoms with van der Waals surface area (Å²) in [5, 5.41) is 16.5. The number of amides is 2. The molecular weight excluding hydrogens is 304 g/mol. The molecular formula is C17H20N6O. The molecule has 0 aliphatic heterocycles. The highest BCUT2D eigenvalue weighted by Gasteiger charge is 2.07. The fourth-order valence-corrected chi connectivity index (χ4v) is 2.43. The van der Waals surface area contributed by atoms with Crippen LogP contribution in [0, 0.1) is 6.92 Å². The third kappa shape index (κ3) is 4.01. The summed E-state index contributed by atoms with van der Waals surface area (Å²) >= 11 is 0. The van der Waals surface area contributed by atoms with E-state index in [9.17, 15) is 4.79 Å². The Bertz CT molecular complexity index is 779. The molecule has 2 heterocycles. The average molecular weight is 324 g/mol. The van der Waals surface area contributed by atoms with E-state index in [0.29, 0.717) is 12.2 Å². The molecule has 0 aliphatic carbocycles. The third-order valence-corrected chi connectivity index (χ3v) is 3.69. The van der Waals surface area contributed by atoms with Crippen molar-refractivity contribution >= 4 is 11.7 Å². The van der Waals surface area contributed by atoms with Crippen LogP contribution in [0.5, 0.6) is 0 Å². The van der Waals surface area contributed by atoms with E-state index in [4.69, 9.17) is 0 Å². The second-order valence-electron chi connectivity index (χ2n) is 5.49. The summed E-state index contributed by atoms with van der Waals surface area (Å²) in [6.07, 6.45) is 6.95. The minimum atomic E-state index is -0.229. The number of hydrogen-bond donors (Lipinski definition) is 3. The number of hydrogen-bond acceptors (Lipinski definition) is 3. The lowest BCUT2D eigenvalue weighted by Gasteiger charge is -2.05. The maximum atomic E-state index is 11.7. The van der Waals surface area contributed by atoms with Gasteiger partial charge in [0.15, 0.2) is 0 Å². The topological polar surface area (TPSA) is 87.6 Å². The lowest BCUT2D eigenvalue weighted by Crippen LogP contribution is -2.29. The van der Waals surface area contributed by atoms with Gasteiger partial charge in [0.25, 0.3) is 0 Å². The molecule has 0 unspecified atom stereocenters. The van der Waals surface area contributed by atoms with Crippen molar-refractivity contribution < 1.29 is 4.79 Å². The van der Waals surface area contributed by atoms with Gasteiger partial charge in [-0.05, 0) is 37.5 Å². The molecule has 3 N–H and O–H groups in total. The summed E-state index contributed by atoms with van der Waals surface area (Å²) in [4.78, 5) is 11.7. The van der Waals surface area contributed by atoms with Gasteiger partial charge < -0.3 is 10.6 Å². The van der Waals surface area contributed by atoms with Crippen LogP contribution in [-0.4, -0.2) is 32.6 Å². The number of nitrogens with one attached hydrogen (secondary N) is 3. The van der Waals surface area contributed by atoms with E-state index in [2.05, 4.69) is 32.1 Å². The molecule has 24 heavy (non-hydrogen) atoms. The predicted octanol–water partition coefficient (Wildman–Crippen LogP) is 2.66. The van der Waals surface area contributed by atoms with Crippen LogP contribution in [0.2, 0.25) is 0 Å². The number of anilines is 1. The fourth-order valence-electron chi connectivity index (χ4n) is 2.43. The molecule has 1 aromatic carbocycles. The van der Waals surface area contributed by atoms with Crippen LogP contribution >= 0.6 is 0 Å². The van der Waals surface area contributed by atoms with E-state index in [1.54, 1.807) is 12.4 Å². The smallest absolute Gasteiger partial charge is 0.319 e. The lowest BCUT2D eigenvalue weighted by atomic mass is 10.1. The highest BCUT2D eigenvalue weighted by molar-refractivity contribution is 5.88. The van der Waals surface area contributed by atoms with Gasteiger partial charge in [0.1, 0.15) is 0 Å². The molecule has 0 radical (unpaired) electrons. The molecule has 0 fully saturated rings. The summed E-state index contributed by atoms with van der Waals surface area (Å²) in [6, 6.07) is 9.80. The van der Waals surface area contributed by atoms with Crippen molar-refractivity contribution in [2.24, 2.45) is 0 Å². The highest BCUT2D eigenvalue weighted by atomic mass is 16.2. The molecule has 7 nitrogen and oxygen atoms in total. The first-order chi connectivity index (χ1) is 11.7. The quantitative estimate of drug-likeness (QED) is 0.609. The fraction of sp³-hybridized carbons (Fsp3) is 0.235. The molecule has 7 heteroatoms. The molecule has 0 atom stereocenters. The minimum absolute atomic E-state index is 0.229. The van der Waals surface area contributed by atoms with E-state index in [1.165, 1.54) is 5.56 Å². The summed E-state index contributed by atoms with van der Waals surface area (Å²) in [5.74, 6) is 0. The molecule has 3 rings (SSSR count). The van der Waals surface area contributed by atoms with Gasteiger partial charge in [0, 0.05) is 18.9 Å². The lowest BCUT2D eigenvalue weighted by molar-refractivity contribution is 0.252. The Hall–Kier alpha value is -3.09. The number of aryl methyl sites for hydroxylation is 2. The first-order valence-electron chi connectivity index (χ1n) is 7.86. The van der Waals surface area contributed by atoms with E-state index in [-0.39, 0.29) is 6.03 Å². The Morgan fingerprint density at radius 2 is 2.12 bits per heavy atom. The molecule has 2 amide bonds. The standard InChI is InChI=1S/C17H20N6O/c1-13-14(12-23(22-13)16-7-3-2-4-8-16)6-5-9-18-17(24)21-15-10-19-20-11-15/h2-4,7-8,10-12H,5-6,9H2,1H3,(H,19,20)(H2,18,21,24). The number of urea groups is 1. The summed E-state index contributed by atoms with van der Waals surface area (Å²) < 4.78 is 1.89. The van der Waals surface area contributed by atoms with Crippen LogP contribution in [0.3, 0.4) is 0 Å². The number of nitrogens with zero attached hydrogens (tertiary/aromatic N) is 3. The number of benzene rings is 1. The average Bonchev–Trinajstić information content (AvgIpc) is 3.22. The van der Waals surface area contributed by atoms with Gasteiger partial charge in [0.05, 0.1) is 23.3 Å². The maximum absolute atomic E-state index is 11.7. The Morgan fingerprint density at radius 1 is 1.29 bits per heavy atom. The zero-order valence-corrected chi connectivity index (χ0v) is 13.5. The zero-order valence-electron chi connectivity index (χ0n) is 13.5. The Labute approximate surface area is 140 Å². The number of rotatable bonds is 6. The van der Waals surface area contributed by atoms with Crippen molar-refractivity contribution in [1.29, 1.82) is 0 Å². The predicted molar refractivity (Wildman–Crippen MR) is 92.2 cm³/mol. The van der Waals surface area contributed by atoms with Crippen molar-refractivity contribution in [1.82, 2.24) is 25.3 Å². The van der Waals surface area contributed by atoms with Crippen LogP contribution in [0.25, 0.3) is 5.69 Å². The van der Waals surface area contributed by atoms with Crippen molar-refractivity contribution in [3.05, 3.63) is 60.2 Å². The second-order valence-corrected chi connectivity index (χ2v) is 5.49. The van der Waals surface area contributed by atoms with Crippen molar-refractivity contribution in [2.45, 2.75) is 19.8 Å². The molecule has 0 spiro atoms. The second kappa shape index (κ2) is 7.45. The van der Waals surface area contributed by atoms with Gasteiger partial charge in [-0.15, -0.1) is 0 Å². The van der Waals surface area contributed by atoms with Gasteiger partial charge in [-0.25, -0.2) is 9.48 Å². The highest BCUT2D eigenvalue weighted by Crippen LogP contribution is 2.13. The molecule has 0 saturated carbocycles. The molecule has 3 aromatic rings. The number of para-hydroxylation sites is 1. The number of H-pyrrole nitrogens is 1. The van der Waals surface area contributed by atoms with Crippen LogP contribution < -0.4 is 10.6 Å². The molecule has 0 aliphatic rings. The van der Waals surface area contributed by atoms with Crippen molar-refractivity contribution in [2.75, 3.05) is 11.9 Å². The molecule has 0 saturated heterocycles. The summed E-state index contributed by atoms with van der Waals surface area (Å²) in [6.45, 7) is 2.60. The maximum Gasteiger partial charge on any atom is 0.319 e. The van der Waals surface area contributed by atoms with Crippen molar-refractivity contribution in [3.63, 3.8) is 0 Å². The monoisotopic (exact) mass is 324 g/mol. The first kappa shape index (κ1) is 15.8. The molecule has 2 aromatic heterocycles. The number of carbonyl (C=O) groups excluding carboxylic acids is 1. The van der Waals surface area contributed by atoms with E-state index < -0.39 is 0 Å². The Kier molecular flexibility index (Phi) is 4.90. The van der Waals surface area contributed by atoms with Gasteiger partial charge in [-0.2, -0.15) is 10.2 Å². The number of aromatic amines is 1. The van der Waals surface area contributed by atoms with Gasteiger partial charge in [-0.1, -0.05) is 18.2 Å². The Morgan fingerprint density at radius 3 is 2.88 bits per heavy atom. The van der Waals surface area contributed by atoms with E-state index >= 15 is 0 Å². The number of aromatic nitrogens is 4. The molecule has 124 valence electrons. The third-order valence-electron chi connectivity index (χ3n) is 3.69. The van der Waals surface area contributed by atoms with Gasteiger partial charge in [0.2, 0.25) is 0 Å². The van der Waals surface area contributed by atoms with Gasteiger partial charge in [-0.3, -0.25) is 5.10 Å². The van der Waals surface area contributed by atoms with Crippen LogP contribution in [0.1, 0.15) is 17.7 Å². The van der Waals surface area contributed by atoms with Crippen molar-refractivity contribution in [3.8, 4) is 5.69 Å². The van der Waals surface area contributed by atoms with Crippen LogP contribution in [0.4, 0.5) is 10.5 Å². The number of carbonyl (C=O) groups is 1. The van der Waals surface area contributed by atoms with Crippen LogP contribution in [-0.2, 0) is 6.42 Å². The minimum Gasteiger partial charge on any atom is -0.338 e.